The Kier molecular flexibility index (Phi) is 7.01. The number of morpholine rings is 1. The molecule has 9 nitrogen and oxygen atoms in total. The normalized spacial score (nSPS) is 18.4. The van der Waals surface area contributed by atoms with Crippen molar-refractivity contribution < 1.29 is 13.2 Å². The van der Waals surface area contributed by atoms with Gasteiger partial charge in [-0.2, -0.15) is 14.7 Å². The van der Waals surface area contributed by atoms with Gasteiger partial charge < -0.3 is 9.72 Å². The number of fused-ring (bicyclic) bond motifs is 1. The Morgan fingerprint density at radius 3 is 2.49 bits per heavy atom. The minimum Gasteiger partial charge on any atom is -0.373 e. The average Bonchev–Trinajstić information content (AvgIpc) is 3.60. The van der Waals surface area contributed by atoms with E-state index in [1.54, 1.807) is 29.0 Å². The number of nitrogens with one attached hydrogen (secondary N) is 1. The number of aromatic nitrogens is 4. The Morgan fingerprint density at radius 1 is 1.02 bits per heavy atom. The molecule has 3 aromatic carbocycles. The number of sulfonamides is 1. The highest BCUT2D eigenvalue weighted by atomic mass is 32.2. The quantitative estimate of drug-likeness (QED) is 0.281. The zero-order valence-electron chi connectivity index (χ0n) is 22.6. The van der Waals surface area contributed by atoms with Gasteiger partial charge in [-0.05, 0) is 56.3 Å². The molecule has 1 aliphatic rings. The largest absolute Gasteiger partial charge is 0.373 e. The number of nitriles is 1. The predicted octanol–water partition coefficient (Wildman–Crippen LogP) is 5.28. The second kappa shape index (κ2) is 10.8. The molecule has 0 aliphatic carbocycles. The van der Waals surface area contributed by atoms with E-state index in [2.05, 4.69) is 16.0 Å². The lowest BCUT2D eigenvalue weighted by Crippen LogP contribution is -2.48. The number of hydrogen-bond donors (Lipinski definition) is 1. The third-order valence-corrected chi connectivity index (χ3v) is 8.79. The molecule has 6 rings (SSSR count). The summed E-state index contributed by atoms with van der Waals surface area (Å²) in [4.78, 5) is 7.98. The number of benzene rings is 3. The van der Waals surface area contributed by atoms with Crippen LogP contribution in [0.3, 0.4) is 0 Å². The fourth-order valence-corrected chi connectivity index (χ4v) is 6.74. The Labute approximate surface area is 238 Å². The summed E-state index contributed by atoms with van der Waals surface area (Å²) in [5.74, 6) is 0.444. The van der Waals surface area contributed by atoms with Crippen LogP contribution in [0.4, 0.5) is 0 Å². The van der Waals surface area contributed by atoms with Crippen molar-refractivity contribution in [1.82, 2.24) is 24.1 Å². The first-order chi connectivity index (χ1) is 19.8. The van der Waals surface area contributed by atoms with Crippen molar-refractivity contribution in [3.63, 3.8) is 0 Å². The van der Waals surface area contributed by atoms with Crippen molar-refractivity contribution in [3.8, 4) is 23.0 Å². The van der Waals surface area contributed by atoms with E-state index in [1.807, 2.05) is 80.7 Å². The maximum Gasteiger partial charge on any atom is 0.243 e. The van der Waals surface area contributed by atoms with Crippen molar-refractivity contribution in [3.05, 3.63) is 96.4 Å². The molecule has 0 amide bonds. The summed E-state index contributed by atoms with van der Waals surface area (Å²) in [6.07, 6.45) is 3.17. The van der Waals surface area contributed by atoms with Gasteiger partial charge in [0.25, 0.3) is 0 Å². The first-order valence-corrected chi connectivity index (χ1v) is 14.7. The summed E-state index contributed by atoms with van der Waals surface area (Å²) >= 11 is 0. The average molecular weight is 565 g/mol. The van der Waals surface area contributed by atoms with Crippen LogP contribution in [0, 0.1) is 11.3 Å². The highest BCUT2D eigenvalue weighted by molar-refractivity contribution is 7.89. The molecule has 1 fully saturated rings. The van der Waals surface area contributed by atoms with Gasteiger partial charge in [-0.3, -0.25) is 0 Å². The van der Waals surface area contributed by atoms with Gasteiger partial charge in [-0.15, -0.1) is 0 Å². The van der Waals surface area contributed by atoms with Crippen LogP contribution in [0.2, 0.25) is 0 Å². The molecule has 206 valence electrons. The lowest BCUT2D eigenvalue weighted by atomic mass is 10.1. The second-order valence-electron chi connectivity index (χ2n) is 10.1. The standard InChI is InChI=1S/C31H28N6O3S/c1-21-18-36(19-22(2)40-21)41(38,39)27-12-8-9-23(16-27)30-25(20-37(35-30)26-10-4-3-5-11-26)15-24(17-32)31-33-28-13-6-7-14-29(28)34-31/h3-16,20-22H,18-19H2,1-2H3,(H,33,34)/b24-15-/t21-,22-/m0/s1. The smallest absolute Gasteiger partial charge is 0.243 e. The zero-order chi connectivity index (χ0) is 28.6. The van der Waals surface area contributed by atoms with Gasteiger partial charge in [0.15, 0.2) is 0 Å². The molecule has 1 aliphatic heterocycles. The predicted molar refractivity (Wildman–Crippen MR) is 157 cm³/mol. The minimum atomic E-state index is -3.77. The molecule has 3 heterocycles. The lowest BCUT2D eigenvalue weighted by molar-refractivity contribution is -0.0440. The Bertz CT molecular complexity index is 1860. The number of ether oxygens (including phenoxy) is 1. The molecular weight excluding hydrogens is 536 g/mol. The number of imidazole rings is 1. The summed E-state index contributed by atoms with van der Waals surface area (Å²) in [6.45, 7) is 4.32. The molecule has 0 bridgehead atoms. The Hall–Kier alpha value is -4.56. The van der Waals surface area contributed by atoms with Gasteiger partial charge in [0.05, 0.1) is 39.4 Å². The van der Waals surface area contributed by atoms with E-state index >= 15 is 0 Å². The van der Waals surface area contributed by atoms with Gasteiger partial charge in [0, 0.05) is 30.4 Å². The van der Waals surface area contributed by atoms with Gasteiger partial charge in [0.2, 0.25) is 10.0 Å². The summed E-state index contributed by atoms with van der Waals surface area (Å²) < 4.78 is 36.2. The molecule has 5 aromatic rings. The maximum atomic E-state index is 13.6. The lowest BCUT2D eigenvalue weighted by Gasteiger charge is -2.34. The van der Waals surface area contributed by atoms with Crippen LogP contribution in [-0.4, -0.2) is 57.8 Å². The summed E-state index contributed by atoms with van der Waals surface area (Å²) in [5, 5.41) is 14.9. The van der Waals surface area contributed by atoms with Crippen LogP contribution in [0.25, 0.3) is 39.6 Å². The topological polar surface area (TPSA) is 117 Å². The number of nitrogens with zero attached hydrogens (tertiary/aromatic N) is 5. The number of para-hydroxylation sites is 3. The van der Waals surface area contributed by atoms with Gasteiger partial charge >= 0.3 is 0 Å². The number of hydrogen-bond acceptors (Lipinski definition) is 6. The molecular formula is C31H28N6O3S. The van der Waals surface area contributed by atoms with Crippen LogP contribution in [0.1, 0.15) is 25.2 Å². The fraction of sp³-hybridized carbons (Fsp3) is 0.194. The summed E-state index contributed by atoms with van der Waals surface area (Å²) in [5.41, 5.74) is 4.55. The SMILES string of the molecule is C[C@H]1CN(S(=O)(=O)c2cccc(-c3nn(-c4ccccc4)cc3/C=C(/C#N)c3nc4ccccc4[nH]3)c2)C[C@H](C)O1. The van der Waals surface area contributed by atoms with Crippen LogP contribution < -0.4 is 0 Å². The molecule has 2 atom stereocenters. The molecule has 2 aromatic heterocycles. The highest BCUT2D eigenvalue weighted by Crippen LogP contribution is 2.31. The van der Waals surface area contributed by atoms with E-state index in [-0.39, 0.29) is 30.2 Å². The van der Waals surface area contributed by atoms with Crippen molar-refractivity contribution in [2.45, 2.75) is 31.0 Å². The number of rotatable bonds is 6. The third-order valence-electron chi connectivity index (χ3n) is 6.96. The van der Waals surface area contributed by atoms with Crippen LogP contribution in [-0.2, 0) is 14.8 Å². The number of H-pyrrole nitrogens is 1. The van der Waals surface area contributed by atoms with Gasteiger partial charge in [-0.1, -0.05) is 42.5 Å². The summed E-state index contributed by atoms with van der Waals surface area (Å²) in [6, 6.07) is 26.2. The zero-order valence-corrected chi connectivity index (χ0v) is 23.4. The molecule has 0 radical (unpaired) electrons. The van der Waals surface area contributed by atoms with Crippen molar-refractivity contribution in [2.24, 2.45) is 0 Å². The van der Waals surface area contributed by atoms with E-state index in [0.717, 1.165) is 16.7 Å². The Morgan fingerprint density at radius 2 is 1.76 bits per heavy atom. The van der Waals surface area contributed by atoms with Crippen LogP contribution in [0.5, 0.6) is 0 Å². The molecule has 0 saturated carbocycles. The Balaban J connectivity index is 1.46. The molecule has 10 heteroatoms. The monoisotopic (exact) mass is 564 g/mol. The van der Waals surface area contributed by atoms with E-state index in [4.69, 9.17) is 9.84 Å². The van der Waals surface area contributed by atoms with Crippen LogP contribution >= 0.6 is 0 Å². The number of aromatic amines is 1. The molecule has 41 heavy (non-hydrogen) atoms. The van der Waals surface area contributed by atoms with Crippen molar-refractivity contribution in [1.29, 1.82) is 5.26 Å². The first-order valence-electron chi connectivity index (χ1n) is 13.3. The van der Waals surface area contributed by atoms with E-state index in [0.29, 0.717) is 28.2 Å². The maximum absolute atomic E-state index is 13.6. The van der Waals surface area contributed by atoms with Crippen molar-refractivity contribution in [2.75, 3.05) is 13.1 Å². The first kappa shape index (κ1) is 26.7. The minimum absolute atomic E-state index is 0.179. The third kappa shape index (κ3) is 5.30. The highest BCUT2D eigenvalue weighted by Gasteiger charge is 2.32. The molecule has 1 N–H and O–H groups in total. The molecule has 0 unspecified atom stereocenters. The van der Waals surface area contributed by atoms with Gasteiger partial charge in [0.1, 0.15) is 17.6 Å². The number of allylic oxidation sites excluding steroid dienone is 1. The molecule has 0 spiro atoms. The van der Waals surface area contributed by atoms with Crippen LogP contribution in [0.15, 0.2) is 90.0 Å². The van der Waals surface area contributed by atoms with Crippen molar-refractivity contribution >= 4 is 32.7 Å². The van der Waals surface area contributed by atoms with E-state index < -0.39 is 10.0 Å². The molecule has 1 saturated heterocycles. The second-order valence-corrected chi connectivity index (χ2v) is 12.0. The van der Waals surface area contributed by atoms with Gasteiger partial charge in [-0.25, -0.2) is 18.1 Å². The van der Waals surface area contributed by atoms with E-state index in [1.165, 1.54) is 4.31 Å². The fourth-order valence-electron chi connectivity index (χ4n) is 5.10. The summed E-state index contributed by atoms with van der Waals surface area (Å²) in [7, 11) is -3.77. The van der Waals surface area contributed by atoms with E-state index in [9.17, 15) is 13.7 Å².